The highest BCUT2D eigenvalue weighted by atomic mass is 14.5. The molecule has 0 spiro atoms. The zero-order valence-corrected chi connectivity index (χ0v) is 7.78. The van der Waals surface area contributed by atoms with Gasteiger partial charge in [-0.25, -0.2) is 0 Å². The molecular weight excluding hydrogens is 120 g/mol. The molecule has 0 heteroatoms. The van der Waals surface area contributed by atoms with Crippen LogP contribution in [-0.2, 0) is 0 Å². The second-order valence-electron chi connectivity index (χ2n) is 4.20. The van der Waals surface area contributed by atoms with Crippen LogP contribution in [0.15, 0.2) is 0 Å². The van der Waals surface area contributed by atoms with E-state index in [9.17, 15) is 0 Å². The number of rotatable bonds is 3. The van der Waals surface area contributed by atoms with Gasteiger partial charge >= 0.3 is 0 Å². The highest BCUT2D eigenvalue weighted by molar-refractivity contribution is 4.99. The van der Waals surface area contributed by atoms with E-state index in [4.69, 9.17) is 0 Å². The van der Waals surface area contributed by atoms with E-state index in [0.29, 0.717) is 0 Å². The van der Waals surface area contributed by atoms with Gasteiger partial charge in [0, 0.05) is 0 Å². The van der Waals surface area contributed by atoms with Gasteiger partial charge in [0.2, 0.25) is 0 Å². The average molecular weight is 140 g/mol. The molecule has 1 aliphatic rings. The van der Waals surface area contributed by atoms with E-state index in [-0.39, 0.29) is 0 Å². The lowest BCUT2D eigenvalue weighted by atomic mass is 9.94. The maximum Gasteiger partial charge on any atom is -0.0294 e. The van der Waals surface area contributed by atoms with E-state index in [1.807, 2.05) is 0 Å². The minimum atomic E-state index is 0.732. The summed E-state index contributed by atoms with van der Waals surface area (Å²) in [6, 6.07) is 0. The van der Waals surface area contributed by atoms with Crippen LogP contribution in [0.1, 0.15) is 47.0 Å². The molecule has 1 fully saturated rings. The first-order valence-corrected chi connectivity index (χ1v) is 4.64. The Bertz CT molecular complexity index is 117. The highest BCUT2D eigenvalue weighted by Gasteiger charge is 2.49. The fraction of sp³-hybridized carbons (Fsp3) is 1.00. The lowest BCUT2D eigenvalue weighted by molar-refractivity contribution is 0.382. The first kappa shape index (κ1) is 8.10. The summed E-state index contributed by atoms with van der Waals surface area (Å²) in [5.41, 5.74) is 0.732. The van der Waals surface area contributed by atoms with Gasteiger partial charge < -0.3 is 0 Å². The highest BCUT2D eigenvalue weighted by Crippen LogP contribution is 2.58. The number of hydrogen-bond acceptors (Lipinski definition) is 0. The van der Waals surface area contributed by atoms with Gasteiger partial charge in [-0.3, -0.25) is 0 Å². The van der Waals surface area contributed by atoms with Crippen molar-refractivity contribution in [2.45, 2.75) is 47.0 Å². The molecule has 1 aliphatic carbocycles. The molecule has 3 unspecified atom stereocenters. The minimum Gasteiger partial charge on any atom is -0.0651 e. The van der Waals surface area contributed by atoms with Gasteiger partial charge in [-0.1, -0.05) is 40.5 Å². The lowest BCUT2D eigenvalue weighted by Gasteiger charge is -2.12. The summed E-state index contributed by atoms with van der Waals surface area (Å²) in [7, 11) is 0. The van der Waals surface area contributed by atoms with Gasteiger partial charge in [-0.2, -0.15) is 0 Å². The van der Waals surface area contributed by atoms with Gasteiger partial charge in [0.1, 0.15) is 0 Å². The fourth-order valence-corrected chi connectivity index (χ4v) is 2.02. The van der Waals surface area contributed by atoms with Crippen molar-refractivity contribution in [2.24, 2.45) is 17.3 Å². The standard InChI is InChI=1S/C10H20/c1-5-8(3)9-7-10(9,4)6-2/h8-9H,5-7H2,1-4H3. The van der Waals surface area contributed by atoms with Crippen molar-refractivity contribution in [2.75, 3.05) is 0 Å². The third-order valence-electron chi connectivity index (χ3n) is 3.56. The van der Waals surface area contributed by atoms with Gasteiger partial charge in [-0.05, 0) is 23.7 Å². The third kappa shape index (κ3) is 1.21. The molecule has 1 rings (SSSR count). The molecule has 3 atom stereocenters. The topological polar surface area (TPSA) is 0 Å². The van der Waals surface area contributed by atoms with Crippen LogP contribution >= 0.6 is 0 Å². The molecule has 10 heavy (non-hydrogen) atoms. The summed E-state index contributed by atoms with van der Waals surface area (Å²) < 4.78 is 0. The molecule has 0 bridgehead atoms. The predicted molar refractivity (Wildman–Crippen MR) is 46.0 cm³/mol. The van der Waals surface area contributed by atoms with Crippen LogP contribution in [0.25, 0.3) is 0 Å². The second-order valence-corrected chi connectivity index (χ2v) is 4.20. The number of hydrogen-bond donors (Lipinski definition) is 0. The average Bonchev–Trinajstić information content (AvgIpc) is 2.62. The van der Waals surface area contributed by atoms with Crippen molar-refractivity contribution < 1.29 is 0 Å². The normalized spacial score (nSPS) is 41.4. The van der Waals surface area contributed by atoms with Crippen LogP contribution in [0, 0.1) is 17.3 Å². The molecule has 0 aromatic carbocycles. The fourth-order valence-electron chi connectivity index (χ4n) is 2.02. The zero-order valence-electron chi connectivity index (χ0n) is 7.78. The van der Waals surface area contributed by atoms with Gasteiger partial charge in [0.05, 0.1) is 0 Å². The summed E-state index contributed by atoms with van der Waals surface area (Å²) in [5, 5.41) is 0. The molecule has 0 amide bonds. The Labute approximate surface area is 65.0 Å². The van der Waals surface area contributed by atoms with E-state index in [1.165, 1.54) is 19.3 Å². The van der Waals surface area contributed by atoms with Crippen molar-refractivity contribution in [3.63, 3.8) is 0 Å². The first-order chi connectivity index (χ1) is 4.64. The quantitative estimate of drug-likeness (QED) is 0.563. The van der Waals surface area contributed by atoms with E-state index in [2.05, 4.69) is 27.7 Å². The first-order valence-electron chi connectivity index (χ1n) is 4.64. The maximum atomic E-state index is 2.43. The van der Waals surface area contributed by atoms with Crippen molar-refractivity contribution in [1.82, 2.24) is 0 Å². The van der Waals surface area contributed by atoms with E-state index < -0.39 is 0 Å². The molecule has 1 saturated carbocycles. The Kier molecular flexibility index (Phi) is 2.07. The SMILES string of the molecule is CCC(C)C1CC1(C)CC. The minimum absolute atomic E-state index is 0.732. The molecule has 0 nitrogen and oxygen atoms in total. The molecule has 0 aliphatic heterocycles. The van der Waals surface area contributed by atoms with Crippen molar-refractivity contribution in [3.8, 4) is 0 Å². The Balaban J connectivity index is 2.36. The largest absolute Gasteiger partial charge is 0.0651 e. The van der Waals surface area contributed by atoms with Crippen molar-refractivity contribution >= 4 is 0 Å². The zero-order chi connectivity index (χ0) is 7.78. The Morgan fingerprint density at radius 1 is 1.50 bits per heavy atom. The van der Waals surface area contributed by atoms with Crippen LogP contribution in [0.2, 0.25) is 0 Å². The molecular formula is C10H20. The molecule has 0 heterocycles. The molecule has 0 saturated heterocycles. The third-order valence-corrected chi connectivity index (χ3v) is 3.56. The Morgan fingerprint density at radius 2 is 2.10 bits per heavy atom. The van der Waals surface area contributed by atoms with Gasteiger partial charge in [0.15, 0.2) is 0 Å². The van der Waals surface area contributed by atoms with Gasteiger partial charge in [-0.15, -0.1) is 0 Å². The molecule has 60 valence electrons. The second kappa shape index (κ2) is 2.56. The lowest BCUT2D eigenvalue weighted by Crippen LogP contribution is -2.03. The van der Waals surface area contributed by atoms with E-state index in [0.717, 1.165) is 17.3 Å². The van der Waals surface area contributed by atoms with E-state index in [1.54, 1.807) is 0 Å². The summed E-state index contributed by atoms with van der Waals surface area (Å²) in [5.74, 6) is 2.01. The summed E-state index contributed by atoms with van der Waals surface area (Å²) in [4.78, 5) is 0. The van der Waals surface area contributed by atoms with Crippen molar-refractivity contribution in [1.29, 1.82) is 0 Å². The summed E-state index contributed by atoms with van der Waals surface area (Å²) in [6.07, 6.45) is 4.22. The van der Waals surface area contributed by atoms with E-state index >= 15 is 0 Å². The van der Waals surface area contributed by atoms with Crippen LogP contribution in [0.3, 0.4) is 0 Å². The Hall–Kier alpha value is 0. The predicted octanol–water partition coefficient (Wildman–Crippen LogP) is 3.47. The van der Waals surface area contributed by atoms with Gasteiger partial charge in [0.25, 0.3) is 0 Å². The van der Waals surface area contributed by atoms with Crippen LogP contribution in [-0.4, -0.2) is 0 Å². The molecule has 0 N–H and O–H groups in total. The van der Waals surface area contributed by atoms with Crippen LogP contribution < -0.4 is 0 Å². The van der Waals surface area contributed by atoms with Crippen LogP contribution in [0.4, 0.5) is 0 Å². The molecule has 0 radical (unpaired) electrons. The summed E-state index contributed by atoms with van der Waals surface area (Å²) in [6.45, 7) is 9.46. The van der Waals surface area contributed by atoms with Crippen molar-refractivity contribution in [3.05, 3.63) is 0 Å². The van der Waals surface area contributed by atoms with Crippen LogP contribution in [0.5, 0.6) is 0 Å². The molecule has 0 aromatic heterocycles. The maximum absolute atomic E-state index is 2.43. The molecule has 0 aromatic rings. The Morgan fingerprint density at radius 3 is 2.40 bits per heavy atom. The smallest absolute Gasteiger partial charge is 0.0294 e. The monoisotopic (exact) mass is 140 g/mol. The summed E-state index contributed by atoms with van der Waals surface area (Å²) >= 11 is 0.